The third kappa shape index (κ3) is 25.3. The van der Waals surface area contributed by atoms with Crippen LogP contribution in [0.4, 0.5) is 0 Å². The van der Waals surface area contributed by atoms with Crippen LogP contribution in [-0.2, 0) is 23.7 Å². The monoisotopic (exact) mass is 416 g/mol. The molecule has 174 valence electrons. The number of hydrogen-bond acceptors (Lipinski definition) is 5. The quantitative estimate of drug-likeness (QED) is 0.141. The largest absolute Gasteiger partial charge is 0.466 e. The lowest BCUT2D eigenvalue weighted by molar-refractivity contribution is -0.145. The third-order valence-electron chi connectivity index (χ3n) is 5.02. The molecule has 0 rings (SSSR count). The Balaban J connectivity index is 3.12. The van der Waals surface area contributed by atoms with E-state index in [1.807, 2.05) is 0 Å². The number of hydrogen-bond donors (Lipinski definition) is 0. The first-order chi connectivity index (χ1) is 14.3. The van der Waals surface area contributed by atoms with Crippen molar-refractivity contribution in [3.05, 3.63) is 0 Å². The smallest absolute Gasteiger partial charge is 0.308 e. The topological polar surface area (TPSA) is 54.0 Å². The second-order valence-corrected chi connectivity index (χ2v) is 7.78. The van der Waals surface area contributed by atoms with Crippen molar-refractivity contribution in [2.75, 3.05) is 46.8 Å². The van der Waals surface area contributed by atoms with Gasteiger partial charge in [0.25, 0.3) is 0 Å². The molecule has 5 nitrogen and oxygen atoms in total. The van der Waals surface area contributed by atoms with E-state index in [4.69, 9.17) is 18.9 Å². The molecule has 0 fully saturated rings. The molecular formula is C24H48O5. The van der Waals surface area contributed by atoms with Crippen LogP contribution in [0.2, 0.25) is 0 Å². The van der Waals surface area contributed by atoms with Gasteiger partial charge in [-0.2, -0.15) is 0 Å². The number of carbonyl (C=O) groups excluding carboxylic acids is 1. The first-order valence-electron chi connectivity index (χ1n) is 12.1. The first kappa shape index (κ1) is 28.4. The van der Waals surface area contributed by atoms with Crippen molar-refractivity contribution in [1.29, 1.82) is 0 Å². The molecule has 5 heteroatoms. The van der Waals surface area contributed by atoms with Gasteiger partial charge in [0, 0.05) is 7.11 Å². The van der Waals surface area contributed by atoms with Crippen LogP contribution in [0, 0.1) is 0 Å². The average molecular weight is 417 g/mol. The molecule has 0 saturated carbocycles. The third-order valence-corrected chi connectivity index (χ3v) is 5.02. The van der Waals surface area contributed by atoms with E-state index in [9.17, 15) is 4.79 Å². The van der Waals surface area contributed by atoms with E-state index in [1.54, 1.807) is 7.11 Å². The molecule has 0 radical (unpaired) electrons. The molecule has 0 amide bonds. The number of methoxy groups -OCH3 is 1. The molecule has 0 aromatic heterocycles. The highest BCUT2D eigenvalue weighted by Gasteiger charge is 2.02. The molecule has 0 aliphatic rings. The first-order valence-corrected chi connectivity index (χ1v) is 12.1. The van der Waals surface area contributed by atoms with Crippen LogP contribution in [0.3, 0.4) is 0 Å². The van der Waals surface area contributed by atoms with Crippen LogP contribution >= 0.6 is 0 Å². The Morgan fingerprint density at radius 3 is 1.52 bits per heavy atom. The number of carbonyl (C=O) groups is 1. The van der Waals surface area contributed by atoms with Gasteiger partial charge in [-0.3, -0.25) is 4.79 Å². The zero-order valence-corrected chi connectivity index (χ0v) is 19.4. The van der Waals surface area contributed by atoms with Gasteiger partial charge in [0.2, 0.25) is 0 Å². The standard InChI is InChI=1S/C24H48O5/c1-3-4-5-6-7-8-9-10-11-12-13-14-15-16-18-29-24(25)17-19-27-22-23-28-21-20-26-2/h3-23H2,1-2H3. The number of ether oxygens (including phenoxy) is 4. The summed E-state index contributed by atoms with van der Waals surface area (Å²) in [4.78, 5) is 11.6. The predicted molar refractivity (Wildman–Crippen MR) is 119 cm³/mol. The molecule has 29 heavy (non-hydrogen) atoms. The molecule has 0 bridgehead atoms. The van der Waals surface area contributed by atoms with E-state index >= 15 is 0 Å². The van der Waals surface area contributed by atoms with E-state index in [1.165, 1.54) is 77.0 Å². The van der Waals surface area contributed by atoms with Crippen molar-refractivity contribution in [3.63, 3.8) is 0 Å². The second-order valence-electron chi connectivity index (χ2n) is 7.78. The Hall–Kier alpha value is -0.650. The van der Waals surface area contributed by atoms with Gasteiger partial charge in [-0.25, -0.2) is 0 Å². The summed E-state index contributed by atoms with van der Waals surface area (Å²) in [6.45, 7) is 5.39. The van der Waals surface area contributed by atoms with Crippen LogP contribution in [0.25, 0.3) is 0 Å². The van der Waals surface area contributed by atoms with Gasteiger partial charge in [-0.15, -0.1) is 0 Å². The fourth-order valence-corrected chi connectivity index (χ4v) is 3.17. The fourth-order valence-electron chi connectivity index (χ4n) is 3.17. The molecule has 0 atom stereocenters. The van der Waals surface area contributed by atoms with Gasteiger partial charge >= 0.3 is 5.97 Å². The summed E-state index contributed by atoms with van der Waals surface area (Å²) < 4.78 is 20.7. The van der Waals surface area contributed by atoms with Crippen LogP contribution in [0.1, 0.15) is 103 Å². The maximum absolute atomic E-state index is 11.6. The molecule has 0 heterocycles. The minimum atomic E-state index is -0.167. The number of esters is 1. The normalized spacial score (nSPS) is 11.1. The van der Waals surface area contributed by atoms with Crippen molar-refractivity contribution < 1.29 is 23.7 Å². The van der Waals surface area contributed by atoms with E-state index in [-0.39, 0.29) is 5.97 Å². The summed E-state index contributed by atoms with van der Waals surface area (Å²) in [6, 6.07) is 0. The minimum absolute atomic E-state index is 0.167. The predicted octanol–water partition coefficient (Wildman–Crippen LogP) is 6.08. The van der Waals surface area contributed by atoms with Crippen molar-refractivity contribution in [1.82, 2.24) is 0 Å². The highest BCUT2D eigenvalue weighted by Crippen LogP contribution is 2.12. The summed E-state index contributed by atoms with van der Waals surface area (Å²) in [6.07, 6.45) is 19.0. The Labute approximate surface area is 180 Å². The van der Waals surface area contributed by atoms with Gasteiger partial charge in [-0.05, 0) is 6.42 Å². The lowest BCUT2D eigenvalue weighted by atomic mass is 10.0. The minimum Gasteiger partial charge on any atom is -0.466 e. The van der Waals surface area contributed by atoms with E-state index in [0.717, 1.165) is 12.8 Å². The highest BCUT2D eigenvalue weighted by atomic mass is 16.5. The summed E-state index contributed by atoms with van der Waals surface area (Å²) in [5, 5.41) is 0. The number of unbranched alkanes of at least 4 members (excludes halogenated alkanes) is 13. The SMILES string of the molecule is CCCCCCCCCCCCCCCCOC(=O)CCOCCOCCOC. The Bertz CT molecular complexity index is 322. The molecule has 0 aliphatic carbocycles. The van der Waals surface area contributed by atoms with Gasteiger partial charge in [0.1, 0.15) is 0 Å². The van der Waals surface area contributed by atoms with Gasteiger partial charge < -0.3 is 18.9 Å². The van der Waals surface area contributed by atoms with Crippen molar-refractivity contribution >= 4 is 5.97 Å². The Kier molecular flexibility index (Phi) is 24.8. The Morgan fingerprint density at radius 1 is 0.552 bits per heavy atom. The summed E-state index contributed by atoms with van der Waals surface area (Å²) in [5.74, 6) is -0.167. The maximum atomic E-state index is 11.6. The molecule has 0 N–H and O–H groups in total. The molecular weight excluding hydrogens is 368 g/mol. The molecule has 0 unspecified atom stereocenters. The summed E-state index contributed by atoms with van der Waals surface area (Å²) in [7, 11) is 1.64. The molecule has 0 aliphatic heterocycles. The van der Waals surface area contributed by atoms with E-state index in [2.05, 4.69) is 6.92 Å². The lowest BCUT2D eigenvalue weighted by Crippen LogP contribution is -2.12. The maximum Gasteiger partial charge on any atom is 0.308 e. The lowest BCUT2D eigenvalue weighted by Gasteiger charge is -2.07. The zero-order valence-electron chi connectivity index (χ0n) is 19.4. The molecule has 0 aromatic rings. The van der Waals surface area contributed by atoms with Crippen LogP contribution in [0.5, 0.6) is 0 Å². The molecule has 0 saturated heterocycles. The summed E-state index contributed by atoms with van der Waals surface area (Å²) in [5.41, 5.74) is 0. The molecule has 0 spiro atoms. The van der Waals surface area contributed by atoms with Crippen LogP contribution in [-0.4, -0.2) is 52.7 Å². The van der Waals surface area contributed by atoms with Crippen molar-refractivity contribution in [2.24, 2.45) is 0 Å². The number of rotatable bonds is 24. The highest BCUT2D eigenvalue weighted by molar-refractivity contribution is 5.69. The average Bonchev–Trinajstić information content (AvgIpc) is 2.72. The molecule has 0 aromatic carbocycles. The van der Waals surface area contributed by atoms with E-state index < -0.39 is 0 Å². The summed E-state index contributed by atoms with van der Waals surface area (Å²) >= 11 is 0. The van der Waals surface area contributed by atoms with Crippen LogP contribution < -0.4 is 0 Å². The fraction of sp³-hybridized carbons (Fsp3) is 0.958. The Morgan fingerprint density at radius 2 is 1.00 bits per heavy atom. The van der Waals surface area contributed by atoms with Crippen molar-refractivity contribution in [2.45, 2.75) is 103 Å². The van der Waals surface area contributed by atoms with Gasteiger partial charge in [0.05, 0.1) is 46.1 Å². The van der Waals surface area contributed by atoms with Gasteiger partial charge in [-0.1, -0.05) is 90.4 Å². The van der Waals surface area contributed by atoms with Crippen molar-refractivity contribution in [3.8, 4) is 0 Å². The van der Waals surface area contributed by atoms with E-state index in [0.29, 0.717) is 46.1 Å². The zero-order chi connectivity index (χ0) is 21.3. The van der Waals surface area contributed by atoms with Crippen LogP contribution in [0.15, 0.2) is 0 Å². The van der Waals surface area contributed by atoms with Gasteiger partial charge in [0.15, 0.2) is 0 Å². The second kappa shape index (κ2) is 25.4.